The van der Waals surface area contributed by atoms with Crippen molar-refractivity contribution in [2.75, 3.05) is 11.9 Å². The Morgan fingerprint density at radius 3 is 2.48 bits per heavy atom. The predicted octanol–water partition coefficient (Wildman–Crippen LogP) is 3.54. The normalized spacial score (nSPS) is 19.2. The molecule has 0 aromatic heterocycles. The van der Waals surface area contributed by atoms with Crippen molar-refractivity contribution in [1.29, 1.82) is 0 Å². The van der Waals surface area contributed by atoms with E-state index in [0.717, 1.165) is 17.0 Å². The van der Waals surface area contributed by atoms with Crippen molar-refractivity contribution < 1.29 is 18.8 Å². The van der Waals surface area contributed by atoms with Crippen molar-refractivity contribution in [2.24, 2.45) is 0 Å². The van der Waals surface area contributed by atoms with Gasteiger partial charge in [0.1, 0.15) is 17.9 Å². The van der Waals surface area contributed by atoms with E-state index in [1.54, 1.807) is 24.3 Å². The summed E-state index contributed by atoms with van der Waals surface area (Å²) >= 11 is 11.8. The highest BCUT2D eigenvalue weighted by Crippen LogP contribution is 2.33. The van der Waals surface area contributed by atoms with E-state index in [0.29, 0.717) is 10.7 Å². The van der Waals surface area contributed by atoms with Gasteiger partial charge < -0.3 is 10.6 Å². The molecule has 1 unspecified atom stereocenters. The van der Waals surface area contributed by atoms with Crippen molar-refractivity contribution in [2.45, 2.75) is 12.5 Å². The minimum absolute atomic E-state index is 0.00128. The molecule has 1 aliphatic heterocycles. The van der Waals surface area contributed by atoms with Gasteiger partial charge in [-0.1, -0.05) is 29.3 Å². The summed E-state index contributed by atoms with van der Waals surface area (Å²) in [5.74, 6) is -1.79. The molecule has 140 valence electrons. The number of amides is 4. The highest BCUT2D eigenvalue weighted by molar-refractivity contribution is 6.32. The lowest BCUT2D eigenvalue weighted by atomic mass is 9.92. The molecular formula is C18H14Cl2FN3O3. The fourth-order valence-electron chi connectivity index (χ4n) is 2.80. The number of nitrogens with one attached hydrogen (secondary N) is 2. The van der Waals surface area contributed by atoms with Crippen molar-refractivity contribution >= 4 is 46.7 Å². The quantitative estimate of drug-likeness (QED) is 0.757. The average Bonchev–Trinajstić information content (AvgIpc) is 2.81. The van der Waals surface area contributed by atoms with E-state index >= 15 is 0 Å². The topological polar surface area (TPSA) is 78.5 Å². The molecule has 0 saturated carbocycles. The molecule has 0 radical (unpaired) electrons. The van der Waals surface area contributed by atoms with Gasteiger partial charge in [0.2, 0.25) is 5.91 Å². The van der Waals surface area contributed by atoms with Crippen molar-refractivity contribution in [1.82, 2.24) is 10.2 Å². The van der Waals surface area contributed by atoms with Gasteiger partial charge in [0.05, 0.1) is 0 Å². The van der Waals surface area contributed by atoms with E-state index in [-0.39, 0.29) is 10.6 Å². The molecule has 3 rings (SSSR count). The zero-order chi connectivity index (χ0) is 19.8. The summed E-state index contributed by atoms with van der Waals surface area (Å²) in [6, 6.07) is 9.15. The first-order valence-electron chi connectivity index (χ1n) is 7.86. The second-order valence-electron chi connectivity index (χ2n) is 6.13. The minimum atomic E-state index is -1.50. The van der Waals surface area contributed by atoms with Gasteiger partial charge in [-0.25, -0.2) is 9.18 Å². The van der Waals surface area contributed by atoms with Crippen molar-refractivity contribution in [3.05, 3.63) is 63.9 Å². The molecule has 1 saturated heterocycles. The Balaban J connectivity index is 1.77. The van der Waals surface area contributed by atoms with Crippen LogP contribution in [0.2, 0.25) is 10.0 Å². The van der Waals surface area contributed by atoms with Crippen LogP contribution in [0.1, 0.15) is 12.5 Å². The average molecular weight is 410 g/mol. The number of nitrogens with zero attached hydrogens (tertiary/aromatic N) is 1. The smallest absolute Gasteiger partial charge is 0.325 e. The first-order valence-corrected chi connectivity index (χ1v) is 8.61. The summed E-state index contributed by atoms with van der Waals surface area (Å²) in [4.78, 5) is 38.1. The van der Waals surface area contributed by atoms with E-state index in [1.165, 1.54) is 13.0 Å². The zero-order valence-electron chi connectivity index (χ0n) is 14.1. The van der Waals surface area contributed by atoms with Crippen LogP contribution in [-0.2, 0) is 15.1 Å². The van der Waals surface area contributed by atoms with Gasteiger partial charge in [0.25, 0.3) is 5.91 Å². The van der Waals surface area contributed by atoms with Gasteiger partial charge >= 0.3 is 6.03 Å². The molecule has 27 heavy (non-hydrogen) atoms. The highest BCUT2D eigenvalue weighted by Gasteiger charge is 2.50. The SMILES string of the molecule is CC1(c2ccc(F)cc2Cl)NC(=O)N(CC(=O)Nc2ccc(Cl)cc2)C1=O. The van der Waals surface area contributed by atoms with Gasteiger partial charge in [-0.2, -0.15) is 0 Å². The largest absolute Gasteiger partial charge is 0.325 e. The van der Waals surface area contributed by atoms with Crippen LogP contribution in [0.3, 0.4) is 0 Å². The van der Waals surface area contributed by atoms with Crippen LogP contribution in [0.4, 0.5) is 14.9 Å². The summed E-state index contributed by atoms with van der Waals surface area (Å²) in [6.07, 6.45) is 0. The number of anilines is 1. The van der Waals surface area contributed by atoms with E-state index in [1.807, 2.05) is 0 Å². The van der Waals surface area contributed by atoms with Gasteiger partial charge in [-0.3, -0.25) is 14.5 Å². The highest BCUT2D eigenvalue weighted by atomic mass is 35.5. The third-order valence-electron chi connectivity index (χ3n) is 4.17. The van der Waals surface area contributed by atoms with Crippen LogP contribution in [0, 0.1) is 5.82 Å². The molecule has 0 aliphatic carbocycles. The molecule has 0 spiro atoms. The summed E-state index contributed by atoms with van der Waals surface area (Å²) in [5, 5.41) is 5.60. The standard InChI is InChI=1S/C18H14Cl2FN3O3/c1-18(13-7-4-11(21)8-14(13)20)16(26)24(17(27)23-18)9-15(25)22-12-5-2-10(19)3-6-12/h2-8H,9H2,1H3,(H,22,25)(H,23,27). The first kappa shape index (κ1) is 19.1. The number of carbonyl (C=O) groups is 3. The molecule has 1 atom stereocenters. The van der Waals surface area contributed by atoms with Crippen LogP contribution in [0.5, 0.6) is 0 Å². The second-order valence-corrected chi connectivity index (χ2v) is 6.97. The van der Waals surface area contributed by atoms with Gasteiger partial charge in [0.15, 0.2) is 0 Å². The fourth-order valence-corrected chi connectivity index (χ4v) is 3.28. The predicted molar refractivity (Wildman–Crippen MR) is 99.1 cm³/mol. The lowest BCUT2D eigenvalue weighted by molar-refractivity contribution is -0.133. The van der Waals surface area contributed by atoms with Crippen LogP contribution in [0.25, 0.3) is 0 Å². The van der Waals surface area contributed by atoms with Crippen LogP contribution >= 0.6 is 23.2 Å². The molecule has 2 N–H and O–H groups in total. The number of hydrogen-bond donors (Lipinski definition) is 2. The van der Waals surface area contributed by atoms with E-state index in [9.17, 15) is 18.8 Å². The number of carbonyl (C=O) groups excluding carboxylic acids is 3. The Morgan fingerprint density at radius 2 is 1.85 bits per heavy atom. The molecule has 0 bridgehead atoms. The van der Waals surface area contributed by atoms with E-state index in [4.69, 9.17) is 23.2 Å². The Bertz CT molecular complexity index is 936. The second kappa shape index (κ2) is 7.17. The number of benzene rings is 2. The summed E-state index contributed by atoms with van der Waals surface area (Å²) in [7, 11) is 0. The Morgan fingerprint density at radius 1 is 1.19 bits per heavy atom. The van der Waals surface area contributed by atoms with Crippen molar-refractivity contribution in [3.8, 4) is 0 Å². The molecule has 1 aliphatic rings. The maximum atomic E-state index is 13.3. The minimum Gasteiger partial charge on any atom is -0.325 e. The molecule has 9 heteroatoms. The van der Waals surface area contributed by atoms with E-state index < -0.39 is 35.7 Å². The van der Waals surface area contributed by atoms with Gasteiger partial charge in [-0.15, -0.1) is 0 Å². The molecule has 4 amide bonds. The van der Waals surface area contributed by atoms with E-state index in [2.05, 4.69) is 10.6 Å². The number of urea groups is 1. The van der Waals surface area contributed by atoms with Crippen LogP contribution in [0.15, 0.2) is 42.5 Å². The van der Waals surface area contributed by atoms with Crippen molar-refractivity contribution in [3.63, 3.8) is 0 Å². The fraction of sp³-hybridized carbons (Fsp3) is 0.167. The van der Waals surface area contributed by atoms with Crippen LogP contribution < -0.4 is 10.6 Å². The lowest BCUT2D eigenvalue weighted by Crippen LogP contribution is -2.42. The maximum absolute atomic E-state index is 13.3. The Kier molecular flexibility index (Phi) is 5.08. The monoisotopic (exact) mass is 409 g/mol. The number of imide groups is 1. The molecule has 6 nitrogen and oxygen atoms in total. The maximum Gasteiger partial charge on any atom is 0.325 e. The molecular weight excluding hydrogens is 396 g/mol. The summed E-state index contributed by atoms with van der Waals surface area (Å²) in [6.45, 7) is 0.963. The molecule has 2 aromatic rings. The zero-order valence-corrected chi connectivity index (χ0v) is 15.6. The summed E-state index contributed by atoms with van der Waals surface area (Å²) < 4.78 is 13.3. The Labute approximate surface area is 164 Å². The lowest BCUT2D eigenvalue weighted by Gasteiger charge is -2.23. The Hall–Kier alpha value is -2.64. The number of rotatable bonds is 4. The molecule has 1 fully saturated rings. The number of halogens is 3. The molecule has 2 aromatic carbocycles. The molecule has 1 heterocycles. The van der Waals surface area contributed by atoms with Gasteiger partial charge in [-0.05, 0) is 43.3 Å². The number of hydrogen-bond acceptors (Lipinski definition) is 3. The summed E-state index contributed by atoms with van der Waals surface area (Å²) in [5.41, 5.74) is -0.784. The first-order chi connectivity index (χ1) is 12.7. The third-order valence-corrected chi connectivity index (χ3v) is 4.74. The third kappa shape index (κ3) is 3.74. The van der Waals surface area contributed by atoms with Crippen LogP contribution in [-0.4, -0.2) is 29.3 Å². The van der Waals surface area contributed by atoms with Gasteiger partial charge in [0, 0.05) is 21.3 Å².